The molecule has 134 valence electrons. The highest BCUT2D eigenvalue weighted by atomic mass is 19.1. The first kappa shape index (κ1) is 17.9. The Morgan fingerprint density at radius 2 is 1.96 bits per heavy atom. The zero-order valence-electron chi connectivity index (χ0n) is 15.3. The first-order valence-corrected chi connectivity index (χ1v) is 9.52. The van der Waals surface area contributed by atoms with Crippen LogP contribution in [-0.2, 0) is 6.42 Å². The van der Waals surface area contributed by atoms with E-state index < -0.39 is 0 Å². The monoisotopic (exact) mass is 340 g/mol. The van der Waals surface area contributed by atoms with Gasteiger partial charge in [-0.05, 0) is 68.0 Å². The first-order chi connectivity index (χ1) is 12.2. The number of nitrogens with one attached hydrogen (secondary N) is 1. The van der Waals surface area contributed by atoms with E-state index in [1.807, 2.05) is 12.1 Å². The van der Waals surface area contributed by atoms with Crippen molar-refractivity contribution < 1.29 is 4.39 Å². The van der Waals surface area contributed by atoms with Gasteiger partial charge in [0, 0.05) is 30.9 Å². The summed E-state index contributed by atoms with van der Waals surface area (Å²) in [5, 5.41) is 3.72. The van der Waals surface area contributed by atoms with Gasteiger partial charge in [-0.2, -0.15) is 0 Å². The van der Waals surface area contributed by atoms with Crippen molar-refractivity contribution in [3.05, 3.63) is 65.5 Å². The minimum Gasteiger partial charge on any atom is -0.367 e. The van der Waals surface area contributed by atoms with E-state index in [-0.39, 0.29) is 5.82 Å². The van der Waals surface area contributed by atoms with E-state index in [0.717, 1.165) is 25.2 Å². The van der Waals surface area contributed by atoms with Crippen LogP contribution in [0.25, 0.3) is 0 Å². The maximum Gasteiger partial charge on any atom is 0.123 e. The van der Waals surface area contributed by atoms with Gasteiger partial charge in [0.05, 0.1) is 0 Å². The van der Waals surface area contributed by atoms with Gasteiger partial charge in [0.2, 0.25) is 0 Å². The molecule has 2 aromatic carbocycles. The zero-order valence-corrected chi connectivity index (χ0v) is 15.3. The van der Waals surface area contributed by atoms with Crippen molar-refractivity contribution in [3.8, 4) is 0 Å². The molecule has 3 rings (SSSR count). The Balaban J connectivity index is 1.64. The van der Waals surface area contributed by atoms with Gasteiger partial charge in [0.25, 0.3) is 0 Å². The molecule has 0 aliphatic carbocycles. The molecule has 1 fully saturated rings. The summed E-state index contributed by atoms with van der Waals surface area (Å²) in [4.78, 5) is 2.44. The summed E-state index contributed by atoms with van der Waals surface area (Å²) in [6.07, 6.45) is 4.74. The Labute approximate surface area is 151 Å². The van der Waals surface area contributed by atoms with Crippen LogP contribution in [0.2, 0.25) is 0 Å². The zero-order chi connectivity index (χ0) is 17.6. The fraction of sp³-hybridized carbons (Fsp3) is 0.455. The largest absolute Gasteiger partial charge is 0.367 e. The van der Waals surface area contributed by atoms with E-state index in [1.165, 1.54) is 30.4 Å². The topological polar surface area (TPSA) is 15.3 Å². The Hall–Kier alpha value is -1.87. The van der Waals surface area contributed by atoms with Crippen molar-refractivity contribution in [1.82, 2.24) is 5.32 Å². The highest BCUT2D eigenvalue weighted by Crippen LogP contribution is 2.25. The molecule has 2 atom stereocenters. The Morgan fingerprint density at radius 1 is 1.16 bits per heavy atom. The van der Waals surface area contributed by atoms with E-state index in [2.05, 4.69) is 48.3 Å². The second-order valence-electron chi connectivity index (χ2n) is 7.05. The summed E-state index contributed by atoms with van der Waals surface area (Å²) in [6, 6.07) is 16.6. The van der Waals surface area contributed by atoms with Crippen molar-refractivity contribution in [2.45, 2.75) is 51.6 Å². The van der Waals surface area contributed by atoms with E-state index in [4.69, 9.17) is 0 Å². The molecule has 1 N–H and O–H groups in total. The average Bonchev–Trinajstić information content (AvgIpc) is 2.67. The first-order valence-electron chi connectivity index (χ1n) is 9.52. The highest BCUT2D eigenvalue weighted by Gasteiger charge is 2.23. The van der Waals surface area contributed by atoms with Crippen LogP contribution in [0.4, 0.5) is 10.1 Å². The molecule has 3 heteroatoms. The molecule has 1 aliphatic rings. The molecule has 1 heterocycles. The number of aryl methyl sites for hydroxylation is 1. The Bertz CT molecular complexity index is 668. The Morgan fingerprint density at radius 3 is 2.72 bits per heavy atom. The summed E-state index contributed by atoms with van der Waals surface area (Å²) >= 11 is 0. The van der Waals surface area contributed by atoms with Crippen molar-refractivity contribution in [2.24, 2.45) is 0 Å². The number of anilines is 1. The third-order valence-electron chi connectivity index (χ3n) is 5.30. The summed E-state index contributed by atoms with van der Waals surface area (Å²) in [7, 11) is 0. The van der Waals surface area contributed by atoms with Crippen LogP contribution in [0.3, 0.4) is 0 Å². The number of piperidine rings is 1. The van der Waals surface area contributed by atoms with Crippen LogP contribution < -0.4 is 10.2 Å². The van der Waals surface area contributed by atoms with Crippen LogP contribution in [0, 0.1) is 5.82 Å². The Kier molecular flexibility index (Phi) is 6.09. The average molecular weight is 340 g/mol. The molecule has 1 aliphatic heterocycles. The van der Waals surface area contributed by atoms with Crippen molar-refractivity contribution in [3.63, 3.8) is 0 Å². The number of hydrogen-bond donors (Lipinski definition) is 1. The second kappa shape index (κ2) is 8.48. The van der Waals surface area contributed by atoms with Crippen LogP contribution in [0.15, 0.2) is 48.5 Å². The molecule has 25 heavy (non-hydrogen) atoms. The van der Waals surface area contributed by atoms with Crippen LogP contribution >= 0.6 is 0 Å². The molecule has 2 nitrogen and oxygen atoms in total. The summed E-state index contributed by atoms with van der Waals surface area (Å²) in [5.41, 5.74) is 3.87. The molecular weight excluding hydrogens is 311 g/mol. The fourth-order valence-electron chi connectivity index (χ4n) is 3.70. The minimum absolute atomic E-state index is 0.167. The van der Waals surface area contributed by atoms with Gasteiger partial charge in [-0.1, -0.05) is 31.2 Å². The third kappa shape index (κ3) is 4.60. The van der Waals surface area contributed by atoms with Gasteiger partial charge < -0.3 is 10.2 Å². The molecule has 2 aromatic rings. The van der Waals surface area contributed by atoms with Gasteiger partial charge in [-0.15, -0.1) is 0 Å². The number of hydrogen-bond acceptors (Lipinski definition) is 2. The number of rotatable bonds is 6. The van der Waals surface area contributed by atoms with Gasteiger partial charge in [0.15, 0.2) is 0 Å². The normalized spacial score (nSPS) is 19.0. The van der Waals surface area contributed by atoms with Gasteiger partial charge in [0.1, 0.15) is 5.82 Å². The molecule has 0 aromatic heterocycles. The van der Waals surface area contributed by atoms with E-state index in [1.54, 1.807) is 12.1 Å². The lowest BCUT2D eigenvalue weighted by Crippen LogP contribution is -2.46. The number of benzene rings is 2. The molecule has 0 spiro atoms. The molecule has 0 amide bonds. The molecule has 2 unspecified atom stereocenters. The molecule has 0 radical (unpaired) electrons. The van der Waals surface area contributed by atoms with Crippen molar-refractivity contribution >= 4 is 5.69 Å². The summed E-state index contributed by atoms with van der Waals surface area (Å²) in [6.45, 7) is 6.44. The molecule has 0 bridgehead atoms. The predicted octanol–water partition coefficient (Wildman–Crippen LogP) is 5.10. The molecule has 0 saturated carbocycles. The maximum atomic E-state index is 13.2. The third-order valence-corrected chi connectivity index (χ3v) is 5.30. The standard InChI is InChI=1S/C22H29FN2/c1-3-18-7-6-8-19(15-18)17(2)24-16-22-9-4-5-14-25(22)21-12-10-20(23)11-13-21/h6-8,10-13,15,17,22,24H,3-5,9,14,16H2,1-2H3. The van der Waals surface area contributed by atoms with E-state index in [9.17, 15) is 4.39 Å². The van der Waals surface area contributed by atoms with Gasteiger partial charge in [-0.3, -0.25) is 0 Å². The lowest BCUT2D eigenvalue weighted by Gasteiger charge is -2.38. The van der Waals surface area contributed by atoms with E-state index >= 15 is 0 Å². The smallest absolute Gasteiger partial charge is 0.123 e. The van der Waals surface area contributed by atoms with Crippen LogP contribution in [-0.4, -0.2) is 19.1 Å². The predicted molar refractivity (Wildman–Crippen MR) is 104 cm³/mol. The minimum atomic E-state index is -0.167. The molecule has 1 saturated heterocycles. The van der Waals surface area contributed by atoms with Crippen LogP contribution in [0.1, 0.15) is 50.3 Å². The van der Waals surface area contributed by atoms with Gasteiger partial charge >= 0.3 is 0 Å². The quantitative estimate of drug-likeness (QED) is 0.787. The number of nitrogens with zero attached hydrogens (tertiary/aromatic N) is 1. The summed E-state index contributed by atoms with van der Waals surface area (Å²) in [5.74, 6) is -0.167. The number of halogens is 1. The lowest BCUT2D eigenvalue weighted by molar-refractivity contribution is 0.417. The maximum absolute atomic E-state index is 13.2. The molecular formula is C22H29FN2. The fourth-order valence-corrected chi connectivity index (χ4v) is 3.70. The van der Waals surface area contributed by atoms with E-state index in [0.29, 0.717) is 12.1 Å². The lowest BCUT2D eigenvalue weighted by atomic mass is 9.99. The SMILES string of the molecule is CCc1cccc(C(C)NCC2CCCCN2c2ccc(F)cc2)c1. The van der Waals surface area contributed by atoms with Crippen LogP contribution in [0.5, 0.6) is 0 Å². The van der Waals surface area contributed by atoms with Gasteiger partial charge in [-0.25, -0.2) is 4.39 Å². The van der Waals surface area contributed by atoms with Crippen molar-refractivity contribution in [1.29, 1.82) is 0 Å². The van der Waals surface area contributed by atoms with Crippen molar-refractivity contribution in [2.75, 3.05) is 18.0 Å². The second-order valence-corrected chi connectivity index (χ2v) is 7.05. The summed E-state index contributed by atoms with van der Waals surface area (Å²) < 4.78 is 13.2. The highest BCUT2D eigenvalue weighted by molar-refractivity contribution is 5.47.